The maximum absolute atomic E-state index is 13.0. The lowest BCUT2D eigenvalue weighted by Gasteiger charge is -1.98. The molecule has 0 aromatic heterocycles. The summed E-state index contributed by atoms with van der Waals surface area (Å²) in [5, 5.41) is 12.9. The fraction of sp³-hybridized carbons (Fsp3) is 0.125. The molecule has 1 aromatic carbocycles. The van der Waals surface area contributed by atoms with Gasteiger partial charge in [0, 0.05) is 6.54 Å². The standard InChI is InChI=1S/C8H5FN2O3/c9-5-2-1-4-3-10-8(12)6(4)7(5)11(13)14/h1-2H,3H2,(H,10,12). The fourth-order valence-electron chi connectivity index (χ4n) is 1.45. The van der Waals surface area contributed by atoms with Crippen LogP contribution >= 0.6 is 0 Å². The SMILES string of the molecule is O=C1NCc2ccc(F)c([N+](=O)[O-])c21. The van der Waals surface area contributed by atoms with Crippen LogP contribution in [0.3, 0.4) is 0 Å². The largest absolute Gasteiger partial charge is 0.348 e. The maximum atomic E-state index is 13.0. The molecule has 1 N–H and O–H groups in total. The summed E-state index contributed by atoms with van der Waals surface area (Å²) in [7, 11) is 0. The lowest BCUT2D eigenvalue weighted by atomic mass is 10.1. The summed E-state index contributed by atoms with van der Waals surface area (Å²) in [4.78, 5) is 20.8. The first-order valence-corrected chi connectivity index (χ1v) is 3.85. The molecule has 1 heterocycles. The van der Waals surface area contributed by atoms with E-state index in [1.165, 1.54) is 6.07 Å². The van der Waals surface area contributed by atoms with Gasteiger partial charge < -0.3 is 5.32 Å². The Kier molecular flexibility index (Phi) is 1.70. The molecule has 0 saturated carbocycles. The molecule has 0 aliphatic carbocycles. The van der Waals surface area contributed by atoms with Gasteiger partial charge in [-0.3, -0.25) is 14.9 Å². The van der Waals surface area contributed by atoms with Crippen molar-refractivity contribution in [3.05, 3.63) is 39.2 Å². The van der Waals surface area contributed by atoms with E-state index < -0.39 is 22.3 Å². The number of rotatable bonds is 1. The molecule has 0 unspecified atom stereocenters. The average molecular weight is 196 g/mol. The van der Waals surface area contributed by atoms with Gasteiger partial charge >= 0.3 is 5.69 Å². The van der Waals surface area contributed by atoms with Gasteiger partial charge in [-0.15, -0.1) is 0 Å². The van der Waals surface area contributed by atoms with Gasteiger partial charge in [0.2, 0.25) is 5.82 Å². The summed E-state index contributed by atoms with van der Waals surface area (Å²) in [6.07, 6.45) is 0. The number of amides is 1. The summed E-state index contributed by atoms with van der Waals surface area (Å²) >= 11 is 0. The summed E-state index contributed by atoms with van der Waals surface area (Å²) < 4.78 is 13.0. The van der Waals surface area contributed by atoms with Gasteiger partial charge in [0.15, 0.2) is 0 Å². The zero-order valence-corrected chi connectivity index (χ0v) is 6.91. The Bertz CT molecular complexity index is 444. The van der Waals surface area contributed by atoms with E-state index in [4.69, 9.17) is 0 Å². The van der Waals surface area contributed by atoms with Crippen molar-refractivity contribution in [1.82, 2.24) is 5.32 Å². The quantitative estimate of drug-likeness (QED) is 0.537. The van der Waals surface area contributed by atoms with Crippen LogP contribution in [0.4, 0.5) is 10.1 Å². The molecule has 0 saturated heterocycles. The predicted molar refractivity (Wildman–Crippen MR) is 44.2 cm³/mol. The molecule has 2 rings (SSSR count). The Labute approximate surface area is 77.7 Å². The molecule has 1 aliphatic rings. The second-order valence-corrected chi connectivity index (χ2v) is 2.87. The third-order valence-electron chi connectivity index (χ3n) is 2.06. The topological polar surface area (TPSA) is 72.2 Å². The zero-order valence-electron chi connectivity index (χ0n) is 6.91. The van der Waals surface area contributed by atoms with Crippen molar-refractivity contribution in [2.24, 2.45) is 0 Å². The third-order valence-corrected chi connectivity index (χ3v) is 2.06. The molecule has 0 fully saturated rings. The Morgan fingerprint density at radius 1 is 1.50 bits per heavy atom. The molecular formula is C8H5FN2O3. The molecule has 6 heteroatoms. The number of hydrogen-bond donors (Lipinski definition) is 1. The molecule has 1 aliphatic heterocycles. The Balaban J connectivity index is 2.74. The molecule has 1 aromatic rings. The predicted octanol–water partition coefficient (Wildman–Crippen LogP) is 0.977. The number of nitro groups is 1. The van der Waals surface area contributed by atoms with E-state index in [1.54, 1.807) is 0 Å². The van der Waals surface area contributed by atoms with Crippen molar-refractivity contribution < 1.29 is 14.1 Å². The van der Waals surface area contributed by atoms with Gasteiger partial charge in [0.1, 0.15) is 5.56 Å². The van der Waals surface area contributed by atoms with Crippen molar-refractivity contribution in [2.75, 3.05) is 0 Å². The minimum Gasteiger partial charge on any atom is -0.348 e. The maximum Gasteiger partial charge on any atom is 0.317 e. The number of halogens is 1. The number of benzene rings is 1. The highest BCUT2D eigenvalue weighted by Crippen LogP contribution is 2.28. The van der Waals surface area contributed by atoms with E-state index in [9.17, 15) is 19.3 Å². The molecule has 0 atom stereocenters. The van der Waals surface area contributed by atoms with Crippen molar-refractivity contribution in [2.45, 2.75) is 6.54 Å². The average Bonchev–Trinajstić information content (AvgIpc) is 2.47. The molecule has 0 bridgehead atoms. The highest BCUT2D eigenvalue weighted by molar-refractivity contribution is 6.02. The van der Waals surface area contributed by atoms with E-state index in [2.05, 4.69) is 5.32 Å². The number of nitrogens with zero attached hydrogens (tertiary/aromatic N) is 1. The van der Waals surface area contributed by atoms with Crippen LogP contribution in [-0.4, -0.2) is 10.8 Å². The molecule has 0 radical (unpaired) electrons. The van der Waals surface area contributed by atoms with Crippen LogP contribution in [0.15, 0.2) is 12.1 Å². The smallest absolute Gasteiger partial charge is 0.317 e. The highest BCUT2D eigenvalue weighted by Gasteiger charge is 2.31. The zero-order chi connectivity index (χ0) is 10.3. The number of nitrogens with one attached hydrogen (secondary N) is 1. The number of hydrogen-bond acceptors (Lipinski definition) is 3. The minimum absolute atomic E-state index is 0.157. The van der Waals surface area contributed by atoms with Gasteiger partial charge in [0.25, 0.3) is 5.91 Å². The first kappa shape index (κ1) is 8.61. The molecule has 0 spiro atoms. The van der Waals surface area contributed by atoms with Crippen LogP contribution in [0.2, 0.25) is 0 Å². The van der Waals surface area contributed by atoms with Crippen molar-refractivity contribution >= 4 is 11.6 Å². The lowest BCUT2D eigenvalue weighted by molar-refractivity contribution is -0.387. The van der Waals surface area contributed by atoms with Gasteiger partial charge in [-0.1, -0.05) is 6.07 Å². The molecule has 5 nitrogen and oxygen atoms in total. The Morgan fingerprint density at radius 3 is 2.86 bits per heavy atom. The van der Waals surface area contributed by atoms with E-state index >= 15 is 0 Å². The number of carbonyl (C=O) groups is 1. The van der Waals surface area contributed by atoms with E-state index in [-0.39, 0.29) is 12.1 Å². The summed E-state index contributed by atoms with van der Waals surface area (Å²) in [5.41, 5.74) is -0.435. The van der Waals surface area contributed by atoms with Crippen molar-refractivity contribution in [3.63, 3.8) is 0 Å². The van der Waals surface area contributed by atoms with E-state index in [1.807, 2.05) is 0 Å². The third kappa shape index (κ3) is 1.04. The number of carbonyl (C=O) groups excluding carboxylic acids is 1. The van der Waals surface area contributed by atoms with Crippen molar-refractivity contribution in [3.8, 4) is 0 Å². The van der Waals surface area contributed by atoms with Gasteiger partial charge in [-0.05, 0) is 11.6 Å². The van der Waals surface area contributed by atoms with Gasteiger partial charge in [-0.25, -0.2) is 0 Å². The van der Waals surface area contributed by atoms with Crippen LogP contribution in [0, 0.1) is 15.9 Å². The van der Waals surface area contributed by atoms with E-state index in [0.29, 0.717) is 5.56 Å². The van der Waals surface area contributed by atoms with Crippen LogP contribution in [0.25, 0.3) is 0 Å². The van der Waals surface area contributed by atoms with Crippen molar-refractivity contribution in [1.29, 1.82) is 0 Å². The summed E-state index contributed by atoms with van der Waals surface area (Å²) in [5.74, 6) is -1.57. The summed E-state index contributed by atoms with van der Waals surface area (Å²) in [6, 6.07) is 2.37. The van der Waals surface area contributed by atoms with Crippen LogP contribution < -0.4 is 5.32 Å². The molecule has 1 amide bonds. The van der Waals surface area contributed by atoms with Gasteiger partial charge in [-0.2, -0.15) is 4.39 Å². The number of nitro benzene ring substituents is 1. The van der Waals surface area contributed by atoms with E-state index in [0.717, 1.165) is 6.07 Å². The van der Waals surface area contributed by atoms with Crippen LogP contribution in [-0.2, 0) is 6.54 Å². The lowest BCUT2D eigenvalue weighted by Crippen LogP contribution is -2.14. The van der Waals surface area contributed by atoms with Crippen LogP contribution in [0.1, 0.15) is 15.9 Å². The first-order valence-electron chi connectivity index (χ1n) is 3.85. The monoisotopic (exact) mass is 196 g/mol. The minimum atomic E-state index is -0.981. The van der Waals surface area contributed by atoms with Gasteiger partial charge in [0.05, 0.1) is 4.92 Å². The molecule has 14 heavy (non-hydrogen) atoms. The molecule has 72 valence electrons. The highest BCUT2D eigenvalue weighted by atomic mass is 19.1. The second-order valence-electron chi connectivity index (χ2n) is 2.87. The fourth-order valence-corrected chi connectivity index (χ4v) is 1.45. The molecular weight excluding hydrogens is 191 g/mol. The van der Waals surface area contributed by atoms with Crippen LogP contribution in [0.5, 0.6) is 0 Å². The Hall–Kier alpha value is -1.98. The Morgan fingerprint density at radius 2 is 2.21 bits per heavy atom. The normalized spacial score (nSPS) is 13.6. The summed E-state index contributed by atoms with van der Waals surface area (Å²) in [6.45, 7) is 0.218. The number of fused-ring (bicyclic) bond motifs is 1. The first-order chi connectivity index (χ1) is 6.61. The second kappa shape index (κ2) is 2.76.